The van der Waals surface area contributed by atoms with E-state index in [1.165, 1.54) is 22.3 Å². The molecule has 0 radical (unpaired) electrons. The first-order valence-corrected chi connectivity index (χ1v) is 23.1. The lowest BCUT2D eigenvalue weighted by Crippen LogP contribution is -2.57. The van der Waals surface area contributed by atoms with Crippen LogP contribution in [0.1, 0.15) is 97.6 Å². The summed E-state index contributed by atoms with van der Waals surface area (Å²) in [5, 5.41) is 5.65. The van der Waals surface area contributed by atoms with Crippen LogP contribution in [0.25, 0.3) is 21.6 Å². The average Bonchev–Trinajstić information content (AvgIpc) is 4.08. The van der Waals surface area contributed by atoms with Crippen LogP contribution < -0.4 is 19.5 Å². The molecule has 59 heavy (non-hydrogen) atoms. The van der Waals surface area contributed by atoms with Crippen LogP contribution in [-0.4, -0.2) is 101 Å². The zero-order valence-corrected chi connectivity index (χ0v) is 36.4. The van der Waals surface area contributed by atoms with Crippen molar-refractivity contribution >= 4 is 55.9 Å². The highest BCUT2D eigenvalue weighted by molar-refractivity contribution is 7.91. The number of aromatic nitrogens is 2. The van der Waals surface area contributed by atoms with Gasteiger partial charge < -0.3 is 24.6 Å². The van der Waals surface area contributed by atoms with Gasteiger partial charge in [-0.2, -0.15) is 0 Å². The van der Waals surface area contributed by atoms with Crippen molar-refractivity contribution in [3.05, 3.63) is 48.0 Å². The van der Waals surface area contributed by atoms with E-state index in [1.807, 2.05) is 55.3 Å². The number of hydrogen-bond acceptors (Lipinski definition) is 11. The van der Waals surface area contributed by atoms with Gasteiger partial charge in [0.2, 0.25) is 27.7 Å². The third-order valence-electron chi connectivity index (χ3n) is 12.1. The fraction of sp³-hybridized carbons (Fsp3) is 0.581. The van der Waals surface area contributed by atoms with Crippen LogP contribution in [0.4, 0.5) is 0 Å². The van der Waals surface area contributed by atoms with Crippen molar-refractivity contribution in [2.75, 3.05) is 26.7 Å². The molecule has 2 saturated heterocycles. The number of ether oxygens (including phenoxy) is 2. The Hall–Kier alpha value is -4.57. The summed E-state index contributed by atoms with van der Waals surface area (Å²) in [6.07, 6.45) is 4.86. The first-order valence-electron chi connectivity index (χ1n) is 20.6. The van der Waals surface area contributed by atoms with E-state index in [0.29, 0.717) is 59.0 Å². The molecule has 1 aromatic carbocycles. The molecule has 4 fully saturated rings. The van der Waals surface area contributed by atoms with Gasteiger partial charge in [0.1, 0.15) is 39.9 Å². The van der Waals surface area contributed by atoms with Crippen molar-refractivity contribution in [2.24, 2.45) is 17.3 Å². The van der Waals surface area contributed by atoms with Gasteiger partial charge in [-0.1, -0.05) is 40.7 Å². The van der Waals surface area contributed by atoms with Crippen molar-refractivity contribution in [2.45, 2.75) is 115 Å². The smallest absolute Gasteiger partial charge is 0.259 e. The molecule has 2 saturated carbocycles. The number of likely N-dealkylation sites (tertiary alicyclic amines) is 2. The molecule has 14 nitrogen and oxygen atoms in total. The minimum absolute atomic E-state index is 0.0189. The Morgan fingerprint density at radius 1 is 1.08 bits per heavy atom. The molecule has 2 aliphatic carbocycles. The van der Waals surface area contributed by atoms with Gasteiger partial charge in [-0.25, -0.2) is 18.4 Å². The Balaban J connectivity index is 1.22. The van der Waals surface area contributed by atoms with E-state index < -0.39 is 62.0 Å². The summed E-state index contributed by atoms with van der Waals surface area (Å²) < 4.78 is 40.2. The number of methoxy groups -OCH3 is 1. The minimum Gasteiger partial charge on any atom is -0.497 e. The number of fused-ring (bicyclic) bond motifs is 1. The first-order chi connectivity index (χ1) is 27.9. The largest absolute Gasteiger partial charge is 0.497 e. The van der Waals surface area contributed by atoms with E-state index in [0.717, 1.165) is 25.0 Å². The first kappa shape index (κ1) is 42.6. The molecule has 5 atom stereocenters. The molecule has 3 aromatic rings. The van der Waals surface area contributed by atoms with Gasteiger partial charge in [-0.15, -0.1) is 17.9 Å². The molecule has 4 heterocycles. The summed E-state index contributed by atoms with van der Waals surface area (Å²) >= 11 is 1.48. The topological polar surface area (TPSA) is 177 Å². The number of benzene rings is 1. The van der Waals surface area contributed by atoms with E-state index >= 15 is 0 Å². The number of pyridine rings is 1. The third kappa shape index (κ3) is 8.98. The molecule has 4 amide bonds. The van der Waals surface area contributed by atoms with Gasteiger partial charge in [-0.3, -0.25) is 23.9 Å². The Morgan fingerprint density at radius 2 is 1.81 bits per heavy atom. The second-order valence-corrected chi connectivity index (χ2v) is 20.7. The number of carbonyl (C=O) groups is 4. The number of nitrogens with one attached hydrogen (secondary N) is 2. The summed E-state index contributed by atoms with van der Waals surface area (Å²) in [6.45, 7) is 15.0. The highest BCUT2D eigenvalue weighted by Gasteiger charge is 2.62. The molecular formula is C43H56N6O8S2. The van der Waals surface area contributed by atoms with Gasteiger partial charge in [0.15, 0.2) is 0 Å². The zero-order chi connectivity index (χ0) is 42.4. The van der Waals surface area contributed by atoms with Crippen molar-refractivity contribution in [3.63, 3.8) is 0 Å². The van der Waals surface area contributed by atoms with Crippen LogP contribution in [-0.2, 0) is 29.2 Å². The van der Waals surface area contributed by atoms with Crippen LogP contribution >= 0.6 is 11.3 Å². The second kappa shape index (κ2) is 16.5. The van der Waals surface area contributed by atoms with Crippen LogP contribution in [0.2, 0.25) is 0 Å². The van der Waals surface area contributed by atoms with Crippen LogP contribution in [0.15, 0.2) is 42.3 Å². The van der Waals surface area contributed by atoms with Crippen molar-refractivity contribution in [1.29, 1.82) is 0 Å². The highest BCUT2D eigenvalue weighted by atomic mass is 32.2. The van der Waals surface area contributed by atoms with Crippen LogP contribution in [0.3, 0.4) is 0 Å². The summed E-state index contributed by atoms with van der Waals surface area (Å²) in [5.41, 5.74) is -0.0408. The quantitative estimate of drug-likeness (QED) is 0.195. The number of sulfonamides is 1. The number of thiazole rings is 1. The standard InChI is InChI=1S/C43H56N6O8S2/c1-8-26-22-43(26,41(53)47-59(54,55)29-13-14-29)46-38(51)35-19-28(23-49(35)40(52)31(42(4,5)6)20-37(50)48-16-10-9-11-17-48)57-36-21-33(39-45-34(24-58-39)25(2)3)44-32-18-27(56-7)12-15-30(32)36/h8,12,15,18,21,24-26,28-29,31,35H,1,9-11,13-14,16-17,19-20,22-23H2,2-7H3,(H,46,51)(H,47,53)/t26-,28-,31-,35+,43-/m1/s1. The van der Waals surface area contributed by atoms with E-state index in [-0.39, 0.29) is 43.5 Å². The summed E-state index contributed by atoms with van der Waals surface area (Å²) in [7, 11) is -2.32. The molecule has 0 unspecified atom stereocenters. The monoisotopic (exact) mass is 848 g/mol. The fourth-order valence-electron chi connectivity index (χ4n) is 8.16. The number of nitrogens with zero attached hydrogens (tertiary/aromatic N) is 4. The number of hydrogen-bond donors (Lipinski definition) is 2. The van der Waals surface area contributed by atoms with E-state index in [1.54, 1.807) is 7.11 Å². The molecule has 2 aliphatic heterocycles. The van der Waals surface area contributed by atoms with Crippen molar-refractivity contribution < 1.29 is 37.1 Å². The molecule has 318 valence electrons. The van der Waals surface area contributed by atoms with Gasteiger partial charge in [0.05, 0.1) is 36.0 Å². The predicted molar refractivity (Wildman–Crippen MR) is 225 cm³/mol. The Bertz CT molecular complexity index is 2240. The van der Waals surface area contributed by atoms with Crippen LogP contribution in [0.5, 0.6) is 11.5 Å². The Morgan fingerprint density at radius 3 is 2.42 bits per heavy atom. The average molecular weight is 849 g/mol. The SMILES string of the molecule is C=C[C@@H]1C[C@]1(NC(=O)[C@@H]1C[C@@H](Oc2cc(-c3nc(C(C)C)cs3)nc3cc(OC)ccc23)CN1C(=O)[C@@H](CC(=O)N1CCCCC1)C(C)(C)C)C(=O)NS(=O)(=O)C1CC1. The van der Waals surface area contributed by atoms with Crippen LogP contribution in [0, 0.1) is 17.3 Å². The third-order valence-corrected chi connectivity index (χ3v) is 14.8. The summed E-state index contributed by atoms with van der Waals surface area (Å²) in [4.78, 5) is 69.9. The fourth-order valence-corrected chi connectivity index (χ4v) is 10.5. The molecule has 2 aromatic heterocycles. The summed E-state index contributed by atoms with van der Waals surface area (Å²) in [6, 6.07) is 6.20. The van der Waals surface area contributed by atoms with E-state index in [9.17, 15) is 27.6 Å². The van der Waals surface area contributed by atoms with Gasteiger partial charge >= 0.3 is 0 Å². The molecule has 16 heteroatoms. The lowest BCUT2D eigenvalue weighted by atomic mass is 9.77. The normalized spacial score (nSPS) is 23.8. The predicted octanol–water partition coefficient (Wildman–Crippen LogP) is 5.57. The minimum atomic E-state index is -3.90. The van der Waals surface area contributed by atoms with Crippen molar-refractivity contribution in [3.8, 4) is 22.2 Å². The highest BCUT2D eigenvalue weighted by Crippen LogP contribution is 2.46. The zero-order valence-electron chi connectivity index (χ0n) is 34.8. The second-order valence-electron chi connectivity index (χ2n) is 17.8. The van der Waals surface area contributed by atoms with E-state index in [4.69, 9.17) is 19.4 Å². The number of amides is 4. The number of carbonyl (C=O) groups excluding carboxylic acids is 4. The maximum atomic E-state index is 14.9. The molecular weight excluding hydrogens is 793 g/mol. The maximum absolute atomic E-state index is 14.9. The Labute approximate surface area is 350 Å². The Kier molecular flexibility index (Phi) is 11.9. The number of piperidine rings is 1. The van der Waals surface area contributed by atoms with Gasteiger partial charge in [0.25, 0.3) is 5.91 Å². The number of rotatable bonds is 14. The lowest BCUT2D eigenvalue weighted by Gasteiger charge is -2.36. The summed E-state index contributed by atoms with van der Waals surface area (Å²) in [5.74, 6) is -1.87. The molecule has 7 rings (SSSR count). The molecule has 0 spiro atoms. The molecule has 4 aliphatic rings. The molecule has 2 N–H and O–H groups in total. The lowest BCUT2D eigenvalue weighted by molar-refractivity contribution is -0.148. The van der Waals surface area contributed by atoms with E-state index in [2.05, 4.69) is 30.5 Å². The van der Waals surface area contributed by atoms with Gasteiger partial charge in [-0.05, 0) is 62.0 Å². The molecule has 0 bridgehead atoms. The van der Waals surface area contributed by atoms with Crippen molar-refractivity contribution in [1.82, 2.24) is 29.8 Å². The van der Waals surface area contributed by atoms with Gasteiger partial charge in [0, 0.05) is 54.7 Å². The maximum Gasteiger partial charge on any atom is 0.259 e.